The van der Waals surface area contributed by atoms with Crippen LogP contribution >= 0.6 is 0 Å². The van der Waals surface area contributed by atoms with Crippen LogP contribution in [0.1, 0.15) is 46.0 Å². The molecule has 0 aliphatic heterocycles. The van der Waals surface area contributed by atoms with Gasteiger partial charge >= 0.3 is 5.97 Å². The number of hydrogen-bond donors (Lipinski definition) is 1. The summed E-state index contributed by atoms with van der Waals surface area (Å²) in [7, 11) is 1.49. The van der Waals surface area contributed by atoms with Gasteiger partial charge in [0.2, 0.25) is 0 Å². The Labute approximate surface area is 116 Å². The zero-order valence-corrected chi connectivity index (χ0v) is 12.4. The van der Waals surface area contributed by atoms with Crippen molar-refractivity contribution < 1.29 is 9.53 Å². The molecule has 0 aromatic rings. The highest BCUT2D eigenvalue weighted by atomic mass is 16.5. The molecule has 0 spiro atoms. The summed E-state index contributed by atoms with van der Waals surface area (Å²) in [5.41, 5.74) is 0. The number of carbonyl (C=O) groups excluding carboxylic acids is 1. The first-order valence-electron chi connectivity index (χ1n) is 7.95. The van der Waals surface area contributed by atoms with Gasteiger partial charge in [-0.25, -0.2) is 0 Å². The molecule has 0 aromatic carbocycles. The summed E-state index contributed by atoms with van der Waals surface area (Å²) in [6, 6.07) is 0.421. The third-order valence-electron chi connectivity index (χ3n) is 5.94. The molecule has 0 heterocycles. The molecule has 6 atom stereocenters. The molecule has 3 fully saturated rings. The Balaban J connectivity index is 1.66. The second-order valence-corrected chi connectivity index (χ2v) is 7.17. The smallest absolute Gasteiger partial charge is 0.323 e. The van der Waals surface area contributed by atoms with Crippen molar-refractivity contribution >= 4 is 5.97 Å². The van der Waals surface area contributed by atoms with E-state index in [2.05, 4.69) is 19.2 Å². The normalized spacial score (nSPS) is 41.6. The highest BCUT2D eigenvalue weighted by Crippen LogP contribution is 2.58. The summed E-state index contributed by atoms with van der Waals surface area (Å²) in [5.74, 6) is 3.91. The Morgan fingerprint density at radius 2 is 1.89 bits per heavy atom. The molecule has 1 N–H and O–H groups in total. The predicted octanol–water partition coefficient (Wildman–Crippen LogP) is 2.60. The lowest BCUT2D eigenvalue weighted by molar-refractivity contribution is -0.144. The molecule has 0 aromatic heterocycles. The van der Waals surface area contributed by atoms with Crippen LogP contribution in [0.3, 0.4) is 0 Å². The van der Waals surface area contributed by atoms with Gasteiger partial charge in [0.05, 0.1) is 7.11 Å². The molecular weight excluding hydrogens is 238 g/mol. The summed E-state index contributed by atoms with van der Waals surface area (Å²) in [5, 5.41) is 3.64. The molecule has 6 unspecified atom stereocenters. The van der Waals surface area contributed by atoms with E-state index in [1.54, 1.807) is 0 Å². The van der Waals surface area contributed by atoms with E-state index in [1.807, 2.05) is 0 Å². The van der Waals surface area contributed by atoms with Crippen LogP contribution in [-0.2, 0) is 9.53 Å². The van der Waals surface area contributed by atoms with Crippen LogP contribution in [-0.4, -0.2) is 25.2 Å². The van der Waals surface area contributed by atoms with Gasteiger partial charge in [0, 0.05) is 6.04 Å². The van der Waals surface area contributed by atoms with Gasteiger partial charge < -0.3 is 10.1 Å². The Hall–Kier alpha value is -0.570. The third kappa shape index (κ3) is 2.20. The zero-order chi connectivity index (χ0) is 13.6. The minimum Gasteiger partial charge on any atom is -0.468 e. The van der Waals surface area contributed by atoms with E-state index in [0.29, 0.717) is 12.0 Å². The van der Waals surface area contributed by atoms with E-state index >= 15 is 0 Å². The predicted molar refractivity (Wildman–Crippen MR) is 74.6 cm³/mol. The number of esters is 1. The van der Waals surface area contributed by atoms with Gasteiger partial charge in [-0.3, -0.25) is 4.79 Å². The molecule has 3 aliphatic rings. The number of carbonyl (C=O) groups is 1. The van der Waals surface area contributed by atoms with Crippen molar-refractivity contribution in [2.45, 2.75) is 58.0 Å². The fraction of sp³-hybridized carbons (Fsp3) is 0.938. The van der Waals surface area contributed by atoms with Crippen LogP contribution in [0, 0.1) is 29.6 Å². The van der Waals surface area contributed by atoms with E-state index in [9.17, 15) is 4.79 Å². The summed E-state index contributed by atoms with van der Waals surface area (Å²) in [6.07, 6.45) is 7.00. The van der Waals surface area contributed by atoms with Crippen molar-refractivity contribution in [2.24, 2.45) is 29.6 Å². The van der Waals surface area contributed by atoms with Gasteiger partial charge in [-0.1, -0.05) is 20.3 Å². The summed E-state index contributed by atoms with van der Waals surface area (Å²) < 4.78 is 4.95. The molecule has 3 rings (SSSR count). The van der Waals surface area contributed by atoms with E-state index < -0.39 is 0 Å². The van der Waals surface area contributed by atoms with Gasteiger partial charge in [0.15, 0.2) is 0 Å². The standard InChI is InChI=1S/C16H27NO2/c1-9(2)15(16(18)19-3)17-14-8-10-7-13(14)12-6-4-5-11(10)12/h9-15,17H,4-8H2,1-3H3. The molecule has 108 valence electrons. The van der Waals surface area contributed by atoms with Crippen LogP contribution < -0.4 is 5.32 Å². The lowest BCUT2D eigenvalue weighted by Gasteiger charge is -2.35. The summed E-state index contributed by atoms with van der Waals surface area (Å²) in [4.78, 5) is 11.9. The van der Waals surface area contributed by atoms with Gasteiger partial charge in [-0.15, -0.1) is 0 Å². The fourth-order valence-electron chi connectivity index (χ4n) is 5.15. The monoisotopic (exact) mass is 265 g/mol. The van der Waals surface area contributed by atoms with E-state index in [-0.39, 0.29) is 12.0 Å². The Morgan fingerprint density at radius 1 is 1.16 bits per heavy atom. The molecule has 3 aliphatic carbocycles. The molecule has 2 bridgehead atoms. The lowest BCUT2D eigenvalue weighted by Crippen LogP contribution is -2.50. The van der Waals surface area contributed by atoms with E-state index in [1.165, 1.54) is 39.2 Å². The SMILES string of the molecule is COC(=O)C(NC1CC2CC1C1CCCC21)C(C)C. The van der Waals surface area contributed by atoms with Crippen LogP contribution in [0.4, 0.5) is 0 Å². The minimum absolute atomic E-state index is 0.0965. The van der Waals surface area contributed by atoms with E-state index in [0.717, 1.165) is 23.7 Å². The number of rotatable bonds is 4. The van der Waals surface area contributed by atoms with Gasteiger partial charge in [0.1, 0.15) is 6.04 Å². The second-order valence-electron chi connectivity index (χ2n) is 7.17. The van der Waals surface area contributed by atoms with Crippen molar-refractivity contribution in [3.63, 3.8) is 0 Å². The lowest BCUT2D eigenvalue weighted by atomic mass is 9.78. The average Bonchev–Trinajstić information content (AvgIpc) is 3.05. The fourth-order valence-corrected chi connectivity index (χ4v) is 5.15. The van der Waals surface area contributed by atoms with Crippen molar-refractivity contribution in [1.82, 2.24) is 5.32 Å². The Bertz CT molecular complexity index is 355. The van der Waals surface area contributed by atoms with Crippen molar-refractivity contribution in [1.29, 1.82) is 0 Å². The van der Waals surface area contributed by atoms with E-state index in [4.69, 9.17) is 4.74 Å². The molecule has 3 heteroatoms. The first kappa shape index (κ1) is 13.4. The average molecular weight is 265 g/mol. The maximum Gasteiger partial charge on any atom is 0.323 e. The first-order chi connectivity index (χ1) is 9.11. The maximum atomic E-state index is 11.9. The number of fused-ring (bicyclic) bond motifs is 5. The second kappa shape index (κ2) is 5.08. The van der Waals surface area contributed by atoms with Crippen LogP contribution in [0.2, 0.25) is 0 Å². The molecule has 19 heavy (non-hydrogen) atoms. The zero-order valence-electron chi connectivity index (χ0n) is 12.4. The summed E-state index contributed by atoms with van der Waals surface area (Å²) in [6.45, 7) is 4.19. The molecule has 0 radical (unpaired) electrons. The quantitative estimate of drug-likeness (QED) is 0.794. The van der Waals surface area contributed by atoms with Crippen LogP contribution in [0.5, 0.6) is 0 Å². The van der Waals surface area contributed by atoms with Crippen LogP contribution in [0.15, 0.2) is 0 Å². The van der Waals surface area contributed by atoms with Crippen molar-refractivity contribution in [3.8, 4) is 0 Å². The van der Waals surface area contributed by atoms with Gasteiger partial charge in [-0.05, 0) is 55.3 Å². The van der Waals surface area contributed by atoms with Crippen molar-refractivity contribution in [3.05, 3.63) is 0 Å². The largest absolute Gasteiger partial charge is 0.468 e. The van der Waals surface area contributed by atoms with Crippen molar-refractivity contribution in [2.75, 3.05) is 7.11 Å². The molecule has 0 amide bonds. The van der Waals surface area contributed by atoms with Gasteiger partial charge in [-0.2, -0.15) is 0 Å². The molecule has 3 saturated carbocycles. The third-order valence-corrected chi connectivity index (χ3v) is 5.94. The number of methoxy groups -OCH3 is 1. The molecule has 3 nitrogen and oxygen atoms in total. The first-order valence-corrected chi connectivity index (χ1v) is 7.95. The number of hydrogen-bond acceptors (Lipinski definition) is 3. The molecule has 0 saturated heterocycles. The van der Waals surface area contributed by atoms with Gasteiger partial charge in [0.25, 0.3) is 0 Å². The van der Waals surface area contributed by atoms with Crippen LogP contribution in [0.25, 0.3) is 0 Å². The minimum atomic E-state index is -0.130. The topological polar surface area (TPSA) is 38.3 Å². The highest BCUT2D eigenvalue weighted by Gasteiger charge is 2.54. The number of nitrogens with one attached hydrogen (secondary N) is 1. The Morgan fingerprint density at radius 3 is 2.58 bits per heavy atom. The Kier molecular flexibility index (Phi) is 3.59. The maximum absolute atomic E-state index is 11.9. The number of ether oxygens (including phenoxy) is 1. The summed E-state index contributed by atoms with van der Waals surface area (Å²) >= 11 is 0. The molecular formula is C16H27NO2. The highest BCUT2D eigenvalue weighted by molar-refractivity contribution is 5.76.